The lowest BCUT2D eigenvalue weighted by atomic mass is 10.2. The molecule has 0 unspecified atom stereocenters. The van der Waals surface area contributed by atoms with Gasteiger partial charge in [-0.3, -0.25) is 19.4 Å². The number of carbonyl (C=O) groups excluding carboxylic acids is 2. The molecule has 2 heterocycles. The smallest absolute Gasteiger partial charge is 0.238 e. The summed E-state index contributed by atoms with van der Waals surface area (Å²) in [7, 11) is 0. The van der Waals surface area contributed by atoms with Crippen molar-refractivity contribution in [1.29, 1.82) is 0 Å². The third kappa shape index (κ3) is 6.08. The molecule has 154 valence electrons. The van der Waals surface area contributed by atoms with E-state index in [0.29, 0.717) is 28.8 Å². The molecule has 2 aliphatic rings. The van der Waals surface area contributed by atoms with Crippen LogP contribution in [0.25, 0.3) is 0 Å². The number of nitrogens with zero attached hydrogens (tertiary/aromatic N) is 3. The van der Waals surface area contributed by atoms with Crippen LogP contribution in [-0.4, -0.2) is 78.9 Å². The van der Waals surface area contributed by atoms with Gasteiger partial charge in [0.2, 0.25) is 11.8 Å². The van der Waals surface area contributed by atoms with Crippen molar-refractivity contribution in [3.63, 3.8) is 0 Å². The Morgan fingerprint density at radius 2 is 1.46 bits per heavy atom. The maximum Gasteiger partial charge on any atom is 0.238 e. The summed E-state index contributed by atoms with van der Waals surface area (Å²) in [6.07, 6.45) is 4.69. The van der Waals surface area contributed by atoms with Crippen molar-refractivity contribution >= 4 is 40.7 Å². The molecule has 0 saturated carbocycles. The molecular formula is C20H28Cl2N4O2. The molecule has 0 aromatic heterocycles. The van der Waals surface area contributed by atoms with Crippen LogP contribution in [0.4, 0.5) is 5.69 Å². The summed E-state index contributed by atoms with van der Waals surface area (Å²) in [6, 6.07) is 5.17. The molecule has 28 heavy (non-hydrogen) atoms. The molecule has 6 nitrogen and oxygen atoms in total. The second kappa shape index (κ2) is 10.4. The molecule has 1 aromatic carbocycles. The van der Waals surface area contributed by atoms with Crippen molar-refractivity contribution in [1.82, 2.24) is 14.7 Å². The van der Waals surface area contributed by atoms with E-state index in [1.807, 2.05) is 4.90 Å². The number of likely N-dealkylation sites (tertiary alicyclic amines) is 1. The van der Waals surface area contributed by atoms with Crippen LogP contribution >= 0.6 is 23.2 Å². The van der Waals surface area contributed by atoms with E-state index in [1.165, 1.54) is 12.8 Å². The summed E-state index contributed by atoms with van der Waals surface area (Å²) in [4.78, 5) is 31.1. The number of anilines is 1. The molecule has 0 radical (unpaired) electrons. The molecule has 1 aromatic rings. The highest BCUT2D eigenvalue weighted by Gasteiger charge is 2.23. The van der Waals surface area contributed by atoms with Gasteiger partial charge in [0.05, 0.1) is 28.8 Å². The van der Waals surface area contributed by atoms with Gasteiger partial charge < -0.3 is 10.2 Å². The van der Waals surface area contributed by atoms with Gasteiger partial charge in [0.1, 0.15) is 0 Å². The number of halogens is 2. The van der Waals surface area contributed by atoms with Crippen molar-refractivity contribution in [2.75, 3.05) is 57.7 Å². The predicted molar refractivity (Wildman–Crippen MR) is 113 cm³/mol. The molecule has 8 heteroatoms. The quantitative estimate of drug-likeness (QED) is 0.785. The van der Waals surface area contributed by atoms with Crippen molar-refractivity contribution in [3.05, 3.63) is 28.2 Å². The van der Waals surface area contributed by atoms with Crippen LogP contribution in [0.5, 0.6) is 0 Å². The first-order valence-electron chi connectivity index (χ1n) is 9.99. The first kappa shape index (κ1) is 21.4. The Labute approximate surface area is 176 Å². The van der Waals surface area contributed by atoms with E-state index in [0.717, 1.165) is 52.1 Å². The second-order valence-electron chi connectivity index (χ2n) is 7.50. The molecule has 2 fully saturated rings. The van der Waals surface area contributed by atoms with E-state index in [-0.39, 0.29) is 11.8 Å². The van der Waals surface area contributed by atoms with Crippen LogP contribution < -0.4 is 5.32 Å². The van der Waals surface area contributed by atoms with E-state index in [9.17, 15) is 9.59 Å². The number of hydrogen-bond acceptors (Lipinski definition) is 4. The number of rotatable bonds is 5. The Bertz CT molecular complexity index is 685. The van der Waals surface area contributed by atoms with Gasteiger partial charge >= 0.3 is 0 Å². The Balaban J connectivity index is 1.40. The van der Waals surface area contributed by atoms with Crippen LogP contribution in [0, 0.1) is 0 Å². The van der Waals surface area contributed by atoms with E-state index in [4.69, 9.17) is 23.2 Å². The normalized spacial score (nSPS) is 19.3. The highest BCUT2D eigenvalue weighted by molar-refractivity contribution is 6.44. The third-order valence-corrected chi connectivity index (χ3v) is 6.19. The van der Waals surface area contributed by atoms with Gasteiger partial charge in [-0.05, 0) is 25.0 Å². The first-order chi connectivity index (χ1) is 13.5. The lowest BCUT2D eigenvalue weighted by Gasteiger charge is -2.35. The Kier molecular flexibility index (Phi) is 7.97. The standard InChI is InChI=1S/C20H28Cl2N4O2/c21-16-6-5-7-17(20(16)22)23-18(27)14-24-10-12-25(13-11-24)15-19(28)26-8-3-1-2-4-9-26/h5-7H,1-4,8-15H2,(H,23,27). The summed E-state index contributed by atoms with van der Waals surface area (Å²) < 4.78 is 0. The number of carbonyl (C=O) groups is 2. The molecule has 2 aliphatic heterocycles. The maximum atomic E-state index is 12.5. The fraction of sp³-hybridized carbons (Fsp3) is 0.600. The number of benzene rings is 1. The van der Waals surface area contributed by atoms with E-state index < -0.39 is 0 Å². The number of nitrogens with one attached hydrogen (secondary N) is 1. The molecule has 3 rings (SSSR count). The van der Waals surface area contributed by atoms with E-state index >= 15 is 0 Å². The highest BCUT2D eigenvalue weighted by atomic mass is 35.5. The number of amides is 2. The van der Waals surface area contributed by atoms with Gasteiger partial charge in [-0.15, -0.1) is 0 Å². The van der Waals surface area contributed by atoms with Gasteiger partial charge in [-0.25, -0.2) is 0 Å². The van der Waals surface area contributed by atoms with Crippen molar-refractivity contribution in [2.24, 2.45) is 0 Å². The van der Waals surface area contributed by atoms with Crippen molar-refractivity contribution in [3.8, 4) is 0 Å². The lowest BCUT2D eigenvalue weighted by molar-refractivity contribution is -0.133. The van der Waals surface area contributed by atoms with E-state index in [1.54, 1.807) is 18.2 Å². The first-order valence-corrected chi connectivity index (χ1v) is 10.7. The topological polar surface area (TPSA) is 55.9 Å². The highest BCUT2D eigenvalue weighted by Crippen LogP contribution is 2.29. The van der Waals surface area contributed by atoms with Crippen LogP contribution in [0.1, 0.15) is 25.7 Å². The third-order valence-electron chi connectivity index (χ3n) is 5.38. The second-order valence-corrected chi connectivity index (χ2v) is 8.28. The van der Waals surface area contributed by atoms with Crippen molar-refractivity contribution < 1.29 is 9.59 Å². The minimum atomic E-state index is -0.113. The van der Waals surface area contributed by atoms with Gasteiger partial charge in [0, 0.05) is 39.3 Å². The Morgan fingerprint density at radius 1 is 0.857 bits per heavy atom. The largest absolute Gasteiger partial charge is 0.342 e. The summed E-state index contributed by atoms with van der Waals surface area (Å²) in [5.74, 6) is 0.127. The van der Waals surface area contributed by atoms with E-state index in [2.05, 4.69) is 15.1 Å². The zero-order valence-corrected chi connectivity index (χ0v) is 17.6. The molecular weight excluding hydrogens is 399 g/mol. The zero-order chi connectivity index (χ0) is 19.9. The minimum absolute atomic E-state index is 0.113. The monoisotopic (exact) mass is 426 g/mol. The van der Waals surface area contributed by atoms with Crippen LogP contribution in [0.15, 0.2) is 18.2 Å². The van der Waals surface area contributed by atoms with Crippen LogP contribution in [0.3, 0.4) is 0 Å². The van der Waals surface area contributed by atoms with Gasteiger partial charge in [0.25, 0.3) is 0 Å². The molecule has 2 amide bonds. The van der Waals surface area contributed by atoms with Crippen LogP contribution in [-0.2, 0) is 9.59 Å². The lowest BCUT2D eigenvalue weighted by Crippen LogP contribution is -2.51. The fourth-order valence-electron chi connectivity index (χ4n) is 3.71. The molecule has 0 spiro atoms. The van der Waals surface area contributed by atoms with Crippen molar-refractivity contribution in [2.45, 2.75) is 25.7 Å². The average Bonchev–Trinajstić information content (AvgIpc) is 2.97. The van der Waals surface area contributed by atoms with Gasteiger partial charge in [0.15, 0.2) is 0 Å². The van der Waals surface area contributed by atoms with Gasteiger partial charge in [-0.1, -0.05) is 42.1 Å². The Hall–Kier alpha value is -1.34. The predicted octanol–water partition coefficient (Wildman–Crippen LogP) is 2.95. The number of hydrogen-bond donors (Lipinski definition) is 1. The average molecular weight is 427 g/mol. The summed E-state index contributed by atoms with van der Waals surface area (Å²) in [5, 5.41) is 3.59. The minimum Gasteiger partial charge on any atom is -0.342 e. The fourth-order valence-corrected chi connectivity index (χ4v) is 4.06. The molecule has 2 saturated heterocycles. The molecule has 0 atom stereocenters. The summed E-state index contributed by atoms with van der Waals surface area (Å²) in [6.45, 7) is 5.70. The van der Waals surface area contributed by atoms with Gasteiger partial charge in [-0.2, -0.15) is 0 Å². The summed E-state index contributed by atoms with van der Waals surface area (Å²) >= 11 is 12.1. The Morgan fingerprint density at radius 3 is 2.11 bits per heavy atom. The molecule has 0 aliphatic carbocycles. The number of piperazine rings is 1. The zero-order valence-electron chi connectivity index (χ0n) is 16.1. The van der Waals surface area contributed by atoms with Crippen LogP contribution in [0.2, 0.25) is 10.0 Å². The SMILES string of the molecule is O=C(CN1CCN(CC(=O)N2CCCCCC2)CC1)Nc1cccc(Cl)c1Cl. The summed E-state index contributed by atoms with van der Waals surface area (Å²) in [5.41, 5.74) is 0.529. The molecule has 0 bridgehead atoms. The maximum absolute atomic E-state index is 12.5. The molecule has 1 N–H and O–H groups in total.